The van der Waals surface area contributed by atoms with E-state index >= 15 is 0 Å². The quantitative estimate of drug-likeness (QED) is 0.456. The average Bonchev–Trinajstić information content (AvgIpc) is 3.11. The summed E-state index contributed by atoms with van der Waals surface area (Å²) in [5.41, 5.74) is 0.197. The van der Waals surface area contributed by atoms with Crippen LogP contribution in [0.25, 0.3) is 0 Å². The zero-order chi connectivity index (χ0) is 22.1. The molecule has 30 heavy (non-hydrogen) atoms. The number of rotatable bonds is 6. The molecule has 0 aliphatic carbocycles. The summed E-state index contributed by atoms with van der Waals surface area (Å²) in [5.74, 6) is -0.466. The van der Waals surface area contributed by atoms with Gasteiger partial charge in [0, 0.05) is 6.42 Å². The highest BCUT2D eigenvalue weighted by Crippen LogP contribution is 2.36. The summed E-state index contributed by atoms with van der Waals surface area (Å²) in [5, 5.41) is 44.5. The molecule has 5 atom stereocenters. The summed E-state index contributed by atoms with van der Waals surface area (Å²) in [7, 11) is 0. The lowest BCUT2D eigenvalue weighted by Crippen LogP contribution is -2.60. The molecule has 166 valence electrons. The van der Waals surface area contributed by atoms with Crippen LogP contribution in [0.5, 0.6) is 5.88 Å². The zero-order valence-corrected chi connectivity index (χ0v) is 16.0. The number of nitrogens with one attached hydrogen (secondary N) is 1. The highest BCUT2D eigenvalue weighted by atomic mass is 19.4. The maximum atomic E-state index is 13.5. The number of aliphatic hydroxyl groups is 4. The Kier molecular flexibility index (Phi) is 6.68. The molecule has 0 saturated carbocycles. The summed E-state index contributed by atoms with van der Waals surface area (Å²) in [4.78, 5) is 0. The first-order valence-corrected chi connectivity index (χ1v) is 9.35. The number of aryl methyl sites for hydroxylation is 1. The highest BCUT2D eigenvalue weighted by Gasteiger charge is 2.46. The SMILES string of the molecule is CCc1ccc(Cc2c(OC3OC(CO)C(O)C(O)C3O)n[nH]c2C(F)(F)F)cc1. The van der Waals surface area contributed by atoms with E-state index < -0.39 is 55.1 Å². The smallest absolute Gasteiger partial charge is 0.433 e. The third kappa shape index (κ3) is 4.60. The molecule has 2 heterocycles. The Bertz CT molecular complexity index is 840. The zero-order valence-electron chi connectivity index (χ0n) is 16.0. The lowest BCUT2D eigenvalue weighted by atomic mass is 9.99. The molecule has 2 aromatic rings. The molecule has 11 heteroatoms. The van der Waals surface area contributed by atoms with Crippen molar-refractivity contribution in [2.45, 2.75) is 56.6 Å². The number of hydrogen-bond acceptors (Lipinski definition) is 7. The van der Waals surface area contributed by atoms with E-state index in [1.165, 1.54) is 0 Å². The van der Waals surface area contributed by atoms with Gasteiger partial charge in [-0.1, -0.05) is 31.2 Å². The summed E-state index contributed by atoms with van der Waals surface area (Å²) in [6.07, 6.45) is -12.1. The molecular formula is C19H23F3N2O6. The van der Waals surface area contributed by atoms with Crippen LogP contribution in [0.15, 0.2) is 24.3 Å². The standard InChI is InChI=1S/C19H23F3N2O6/c1-2-9-3-5-10(6-4-9)7-11-16(19(20,21)22)23-24-17(11)30-18-15(28)14(27)13(26)12(8-25)29-18/h3-6,12-15,18,25-28H,2,7-8H2,1H3,(H,23,24). The molecule has 3 rings (SSSR count). The molecule has 0 spiro atoms. The van der Waals surface area contributed by atoms with E-state index in [0.717, 1.165) is 12.0 Å². The van der Waals surface area contributed by atoms with Gasteiger partial charge in [-0.15, -0.1) is 5.10 Å². The predicted octanol–water partition coefficient (Wildman–Crippen LogP) is 0.760. The molecule has 1 aliphatic rings. The lowest BCUT2D eigenvalue weighted by Gasteiger charge is -2.39. The largest absolute Gasteiger partial charge is 0.443 e. The van der Waals surface area contributed by atoms with Crippen LogP contribution in [0, 0.1) is 0 Å². The van der Waals surface area contributed by atoms with Crippen molar-refractivity contribution in [1.29, 1.82) is 0 Å². The third-order valence-corrected chi connectivity index (χ3v) is 5.00. The molecule has 5 unspecified atom stereocenters. The number of aromatic nitrogens is 2. The number of halogens is 3. The van der Waals surface area contributed by atoms with E-state index in [1.54, 1.807) is 24.3 Å². The van der Waals surface area contributed by atoms with Gasteiger partial charge in [-0.05, 0) is 17.5 Å². The normalized spacial score (nSPS) is 27.3. The fourth-order valence-electron chi connectivity index (χ4n) is 3.22. The molecule has 5 N–H and O–H groups in total. The van der Waals surface area contributed by atoms with Crippen molar-refractivity contribution in [2.75, 3.05) is 6.61 Å². The maximum Gasteiger partial charge on any atom is 0.433 e. The van der Waals surface area contributed by atoms with Gasteiger partial charge in [0.25, 0.3) is 0 Å². The fourth-order valence-corrected chi connectivity index (χ4v) is 3.22. The number of aliphatic hydroxyl groups excluding tert-OH is 4. The topological polar surface area (TPSA) is 128 Å². The summed E-state index contributed by atoms with van der Waals surface area (Å²) < 4.78 is 50.9. The summed E-state index contributed by atoms with van der Waals surface area (Å²) in [6, 6.07) is 7.01. The highest BCUT2D eigenvalue weighted by molar-refractivity contribution is 5.38. The van der Waals surface area contributed by atoms with Crippen LogP contribution in [0.3, 0.4) is 0 Å². The third-order valence-electron chi connectivity index (χ3n) is 5.00. The first-order chi connectivity index (χ1) is 14.2. The van der Waals surface area contributed by atoms with Crippen molar-refractivity contribution in [3.8, 4) is 5.88 Å². The second-order valence-corrected chi connectivity index (χ2v) is 7.04. The molecule has 1 aromatic heterocycles. The Morgan fingerprint density at radius 2 is 1.70 bits per heavy atom. The molecule has 1 aliphatic heterocycles. The monoisotopic (exact) mass is 432 g/mol. The molecule has 1 fully saturated rings. The van der Waals surface area contributed by atoms with Crippen LogP contribution in [0.2, 0.25) is 0 Å². The van der Waals surface area contributed by atoms with Crippen molar-refractivity contribution < 1.29 is 43.1 Å². The van der Waals surface area contributed by atoms with Gasteiger partial charge in [0.15, 0.2) is 0 Å². The van der Waals surface area contributed by atoms with Gasteiger partial charge in [-0.3, -0.25) is 5.10 Å². The van der Waals surface area contributed by atoms with Crippen molar-refractivity contribution in [3.05, 3.63) is 46.6 Å². The lowest BCUT2D eigenvalue weighted by molar-refractivity contribution is -0.278. The van der Waals surface area contributed by atoms with E-state index in [2.05, 4.69) is 5.10 Å². The summed E-state index contributed by atoms with van der Waals surface area (Å²) >= 11 is 0. The first-order valence-electron chi connectivity index (χ1n) is 9.35. The van der Waals surface area contributed by atoms with Gasteiger partial charge < -0.3 is 29.9 Å². The molecule has 0 bridgehead atoms. The van der Waals surface area contributed by atoms with E-state index in [0.29, 0.717) is 5.56 Å². The number of hydrogen-bond donors (Lipinski definition) is 5. The van der Waals surface area contributed by atoms with E-state index in [4.69, 9.17) is 9.47 Å². The minimum Gasteiger partial charge on any atom is -0.443 e. The molecule has 0 radical (unpaired) electrons. The van der Waals surface area contributed by atoms with Gasteiger partial charge in [-0.2, -0.15) is 13.2 Å². The second-order valence-electron chi connectivity index (χ2n) is 7.04. The van der Waals surface area contributed by atoms with Crippen LogP contribution in [-0.4, -0.2) is 67.9 Å². The van der Waals surface area contributed by atoms with Crippen LogP contribution in [-0.2, 0) is 23.8 Å². The number of nitrogens with zero attached hydrogens (tertiary/aromatic N) is 1. The Morgan fingerprint density at radius 1 is 1.07 bits per heavy atom. The Hall–Kier alpha value is -2.18. The number of ether oxygens (including phenoxy) is 2. The van der Waals surface area contributed by atoms with Crippen molar-refractivity contribution in [1.82, 2.24) is 10.2 Å². The van der Waals surface area contributed by atoms with Crippen LogP contribution in [0.1, 0.15) is 29.3 Å². The number of H-pyrrole nitrogens is 1. The average molecular weight is 432 g/mol. The minimum atomic E-state index is -4.73. The predicted molar refractivity (Wildman–Crippen MR) is 96.6 cm³/mol. The first kappa shape index (κ1) is 22.5. The van der Waals surface area contributed by atoms with Crippen LogP contribution >= 0.6 is 0 Å². The molecule has 0 amide bonds. The number of aromatic amines is 1. The number of benzene rings is 1. The molecule has 8 nitrogen and oxygen atoms in total. The minimum absolute atomic E-state index is 0.165. The van der Waals surface area contributed by atoms with E-state index in [1.807, 2.05) is 12.0 Å². The number of alkyl halides is 3. The molecule has 1 aromatic carbocycles. The second kappa shape index (κ2) is 8.90. The van der Waals surface area contributed by atoms with Crippen molar-refractivity contribution >= 4 is 0 Å². The van der Waals surface area contributed by atoms with E-state index in [9.17, 15) is 33.6 Å². The van der Waals surface area contributed by atoms with Crippen LogP contribution < -0.4 is 4.74 Å². The van der Waals surface area contributed by atoms with Gasteiger partial charge in [-0.25, -0.2) is 0 Å². The Morgan fingerprint density at radius 3 is 2.27 bits per heavy atom. The maximum absolute atomic E-state index is 13.5. The molecular weight excluding hydrogens is 409 g/mol. The van der Waals surface area contributed by atoms with Crippen LogP contribution in [0.4, 0.5) is 13.2 Å². The Balaban J connectivity index is 1.89. The van der Waals surface area contributed by atoms with Gasteiger partial charge in [0.2, 0.25) is 12.2 Å². The van der Waals surface area contributed by atoms with Gasteiger partial charge in [0.05, 0.1) is 12.2 Å². The van der Waals surface area contributed by atoms with Gasteiger partial charge in [0.1, 0.15) is 30.1 Å². The van der Waals surface area contributed by atoms with Crippen molar-refractivity contribution in [3.63, 3.8) is 0 Å². The van der Waals surface area contributed by atoms with E-state index in [-0.39, 0.29) is 12.0 Å². The molecule has 1 saturated heterocycles. The van der Waals surface area contributed by atoms with Crippen molar-refractivity contribution in [2.24, 2.45) is 0 Å². The summed E-state index contributed by atoms with van der Waals surface area (Å²) in [6.45, 7) is 1.26. The van der Waals surface area contributed by atoms with Gasteiger partial charge >= 0.3 is 6.18 Å². The Labute approximate surface area is 169 Å². The fraction of sp³-hybridized carbons (Fsp3) is 0.526.